The molecule has 0 aliphatic rings. The van der Waals surface area contributed by atoms with Crippen LogP contribution in [0, 0.1) is 0 Å². The summed E-state index contributed by atoms with van der Waals surface area (Å²) in [4.78, 5) is 0. The van der Waals surface area contributed by atoms with Gasteiger partial charge in [0, 0.05) is 12.6 Å². The van der Waals surface area contributed by atoms with Gasteiger partial charge >= 0.3 is 7.12 Å². The zero-order valence-corrected chi connectivity index (χ0v) is 7.75. The molecular weight excluding hydrogens is 181 g/mol. The van der Waals surface area contributed by atoms with E-state index in [0.29, 0.717) is 11.1 Å². The first-order valence-corrected chi connectivity index (χ1v) is 4.42. The molecular formula is C8H10BN3O2. The van der Waals surface area contributed by atoms with Crippen molar-refractivity contribution in [2.45, 2.75) is 13.3 Å². The lowest BCUT2D eigenvalue weighted by Gasteiger charge is -2.01. The Morgan fingerprint density at radius 2 is 2.14 bits per heavy atom. The molecule has 2 heterocycles. The van der Waals surface area contributed by atoms with Crippen LogP contribution in [-0.4, -0.2) is 31.8 Å². The van der Waals surface area contributed by atoms with Crippen molar-refractivity contribution in [2.75, 3.05) is 0 Å². The van der Waals surface area contributed by atoms with Crippen molar-refractivity contribution in [1.82, 2.24) is 14.6 Å². The normalized spacial score (nSPS) is 10.8. The molecule has 2 N–H and O–H groups in total. The summed E-state index contributed by atoms with van der Waals surface area (Å²) in [5.41, 5.74) is 1.15. The van der Waals surface area contributed by atoms with Crippen LogP contribution in [0.25, 0.3) is 5.65 Å². The Morgan fingerprint density at radius 1 is 1.36 bits per heavy atom. The summed E-state index contributed by atoms with van der Waals surface area (Å²) in [7, 11) is -1.45. The maximum atomic E-state index is 8.99. The van der Waals surface area contributed by atoms with Gasteiger partial charge in [0.05, 0.1) is 0 Å². The summed E-state index contributed by atoms with van der Waals surface area (Å²) in [5, 5.41) is 25.9. The molecule has 0 atom stereocenters. The van der Waals surface area contributed by atoms with Crippen LogP contribution in [0.5, 0.6) is 0 Å². The lowest BCUT2D eigenvalue weighted by atomic mass is 9.82. The Labute approximate surface area is 81.2 Å². The molecule has 2 rings (SSSR count). The van der Waals surface area contributed by atoms with Crippen molar-refractivity contribution in [1.29, 1.82) is 0 Å². The fourth-order valence-electron chi connectivity index (χ4n) is 1.35. The van der Waals surface area contributed by atoms with E-state index >= 15 is 0 Å². The molecule has 0 aromatic carbocycles. The Bertz CT molecular complexity index is 455. The SMILES string of the molecule is CCc1nnc2ccc(B(O)O)cn12. The molecule has 0 aliphatic heterocycles. The Balaban J connectivity index is 2.61. The van der Waals surface area contributed by atoms with E-state index in [1.54, 1.807) is 22.7 Å². The minimum absolute atomic E-state index is 0.437. The minimum atomic E-state index is -1.45. The first-order valence-electron chi connectivity index (χ1n) is 4.42. The molecule has 0 saturated carbocycles. The third-order valence-electron chi connectivity index (χ3n) is 2.11. The first-order chi connectivity index (χ1) is 6.72. The average molecular weight is 191 g/mol. The number of fused-ring (bicyclic) bond motifs is 1. The lowest BCUT2D eigenvalue weighted by Crippen LogP contribution is -2.30. The van der Waals surface area contributed by atoms with Crippen LogP contribution in [0.4, 0.5) is 0 Å². The van der Waals surface area contributed by atoms with Crippen molar-refractivity contribution in [3.8, 4) is 0 Å². The summed E-state index contributed by atoms with van der Waals surface area (Å²) in [5.74, 6) is 0.808. The molecule has 0 aliphatic carbocycles. The van der Waals surface area contributed by atoms with Gasteiger partial charge in [-0.25, -0.2) is 0 Å². The molecule has 2 aromatic heterocycles. The van der Waals surface area contributed by atoms with E-state index in [0.717, 1.165) is 12.2 Å². The molecule has 0 spiro atoms. The highest BCUT2D eigenvalue weighted by atomic mass is 16.4. The van der Waals surface area contributed by atoms with Crippen LogP contribution in [0.1, 0.15) is 12.7 Å². The van der Waals surface area contributed by atoms with Gasteiger partial charge in [-0.2, -0.15) is 0 Å². The molecule has 0 bridgehead atoms. The van der Waals surface area contributed by atoms with Crippen molar-refractivity contribution in [3.05, 3.63) is 24.2 Å². The van der Waals surface area contributed by atoms with Gasteiger partial charge in [-0.15, -0.1) is 10.2 Å². The van der Waals surface area contributed by atoms with E-state index in [1.807, 2.05) is 6.92 Å². The molecule has 72 valence electrons. The van der Waals surface area contributed by atoms with Crippen LogP contribution < -0.4 is 5.46 Å². The van der Waals surface area contributed by atoms with Gasteiger partial charge in [0.15, 0.2) is 5.65 Å². The topological polar surface area (TPSA) is 70.7 Å². The zero-order valence-electron chi connectivity index (χ0n) is 7.75. The largest absolute Gasteiger partial charge is 0.489 e. The highest BCUT2D eigenvalue weighted by Gasteiger charge is 2.12. The Morgan fingerprint density at radius 3 is 2.79 bits per heavy atom. The average Bonchev–Trinajstić information content (AvgIpc) is 2.59. The standard InChI is InChI=1S/C8H10BN3O2/c1-2-7-10-11-8-4-3-6(9(13)14)5-12(7)8/h3-5,13-14H,2H2,1H3. The van der Waals surface area contributed by atoms with Crippen LogP contribution in [0.3, 0.4) is 0 Å². The number of aromatic nitrogens is 3. The van der Waals surface area contributed by atoms with Crippen molar-refractivity contribution in [2.24, 2.45) is 0 Å². The maximum Gasteiger partial charge on any atom is 0.489 e. The quantitative estimate of drug-likeness (QED) is 0.595. The van der Waals surface area contributed by atoms with Gasteiger partial charge in [-0.1, -0.05) is 13.0 Å². The maximum absolute atomic E-state index is 8.99. The zero-order chi connectivity index (χ0) is 10.1. The Kier molecular flexibility index (Phi) is 2.22. The molecule has 0 unspecified atom stereocenters. The molecule has 0 amide bonds. The molecule has 2 aromatic rings. The Hall–Kier alpha value is -1.40. The van der Waals surface area contributed by atoms with Crippen molar-refractivity contribution in [3.63, 3.8) is 0 Å². The van der Waals surface area contributed by atoms with Gasteiger partial charge in [-0.05, 0) is 11.5 Å². The predicted octanol–water partition coefficient (Wildman–Crippen LogP) is -1.03. The monoisotopic (exact) mass is 191 g/mol. The van der Waals surface area contributed by atoms with Crippen LogP contribution in [-0.2, 0) is 6.42 Å². The number of pyridine rings is 1. The van der Waals surface area contributed by atoms with Crippen LogP contribution >= 0.6 is 0 Å². The first kappa shape index (κ1) is 9.17. The van der Waals surface area contributed by atoms with E-state index in [-0.39, 0.29) is 0 Å². The van der Waals surface area contributed by atoms with Crippen LogP contribution in [0.15, 0.2) is 18.3 Å². The molecule has 14 heavy (non-hydrogen) atoms. The smallest absolute Gasteiger partial charge is 0.423 e. The van der Waals surface area contributed by atoms with E-state index in [9.17, 15) is 0 Å². The van der Waals surface area contributed by atoms with Crippen molar-refractivity contribution < 1.29 is 10.0 Å². The summed E-state index contributed by atoms with van der Waals surface area (Å²) >= 11 is 0. The minimum Gasteiger partial charge on any atom is -0.423 e. The number of hydrogen-bond acceptors (Lipinski definition) is 4. The van der Waals surface area contributed by atoms with Gasteiger partial charge < -0.3 is 10.0 Å². The molecule has 5 nitrogen and oxygen atoms in total. The summed E-state index contributed by atoms with van der Waals surface area (Å²) < 4.78 is 1.76. The second-order valence-electron chi connectivity index (χ2n) is 3.03. The van der Waals surface area contributed by atoms with E-state index in [2.05, 4.69) is 10.2 Å². The molecule has 0 fully saturated rings. The van der Waals surface area contributed by atoms with Crippen LogP contribution in [0.2, 0.25) is 0 Å². The fourth-order valence-corrected chi connectivity index (χ4v) is 1.35. The predicted molar refractivity (Wildman–Crippen MR) is 52.2 cm³/mol. The second-order valence-corrected chi connectivity index (χ2v) is 3.03. The number of aryl methyl sites for hydroxylation is 1. The van der Waals surface area contributed by atoms with Gasteiger partial charge in [0.2, 0.25) is 0 Å². The molecule has 0 radical (unpaired) electrons. The summed E-state index contributed by atoms with van der Waals surface area (Å²) in [6.45, 7) is 1.97. The lowest BCUT2D eigenvalue weighted by molar-refractivity contribution is 0.425. The number of nitrogens with zero attached hydrogens (tertiary/aromatic N) is 3. The second kappa shape index (κ2) is 3.40. The molecule has 6 heteroatoms. The highest BCUT2D eigenvalue weighted by molar-refractivity contribution is 6.58. The van der Waals surface area contributed by atoms with E-state index < -0.39 is 7.12 Å². The third-order valence-corrected chi connectivity index (χ3v) is 2.11. The third kappa shape index (κ3) is 1.38. The number of rotatable bonds is 2. The van der Waals surface area contributed by atoms with Crippen molar-refractivity contribution >= 4 is 18.2 Å². The van der Waals surface area contributed by atoms with Gasteiger partial charge in [-0.3, -0.25) is 4.40 Å². The summed E-state index contributed by atoms with van der Waals surface area (Å²) in [6, 6.07) is 3.33. The van der Waals surface area contributed by atoms with Gasteiger partial charge in [0.25, 0.3) is 0 Å². The fraction of sp³-hybridized carbons (Fsp3) is 0.250. The van der Waals surface area contributed by atoms with E-state index in [4.69, 9.17) is 10.0 Å². The summed E-state index contributed by atoms with van der Waals surface area (Å²) in [6.07, 6.45) is 2.39. The highest BCUT2D eigenvalue weighted by Crippen LogP contribution is 2.02. The van der Waals surface area contributed by atoms with E-state index in [1.165, 1.54) is 0 Å². The number of hydrogen-bond donors (Lipinski definition) is 2. The molecule has 0 saturated heterocycles. The van der Waals surface area contributed by atoms with Gasteiger partial charge in [0.1, 0.15) is 5.82 Å².